The second kappa shape index (κ2) is 5.12. The largest absolute Gasteiger partial charge is 0.388 e. The summed E-state index contributed by atoms with van der Waals surface area (Å²) in [6, 6.07) is 0. The molecule has 2 heterocycles. The average molecular weight is 269 g/mol. The number of nitrogens with zero attached hydrogens (tertiary/aromatic N) is 3. The number of hydrogen-bond acceptors (Lipinski definition) is 6. The zero-order valence-electron chi connectivity index (χ0n) is 10.0. The highest BCUT2D eigenvalue weighted by Crippen LogP contribution is 2.27. The van der Waals surface area contributed by atoms with Gasteiger partial charge in [-0.05, 0) is 13.8 Å². The first kappa shape index (κ1) is 12.5. The number of rotatable bonds is 4. The summed E-state index contributed by atoms with van der Waals surface area (Å²) in [7, 11) is 1.99. The van der Waals surface area contributed by atoms with Crippen LogP contribution >= 0.6 is 22.7 Å². The zero-order chi connectivity index (χ0) is 12.4. The van der Waals surface area contributed by atoms with Crippen LogP contribution < -0.4 is 4.90 Å². The van der Waals surface area contributed by atoms with Gasteiger partial charge in [0.25, 0.3) is 0 Å². The van der Waals surface area contributed by atoms with Crippen molar-refractivity contribution in [3.05, 3.63) is 27.2 Å². The predicted octanol–water partition coefficient (Wildman–Crippen LogP) is 2.60. The summed E-state index contributed by atoms with van der Waals surface area (Å²) in [5, 5.41) is 13.5. The Morgan fingerprint density at radius 2 is 2.29 bits per heavy atom. The third-order valence-corrected chi connectivity index (χ3v) is 4.42. The van der Waals surface area contributed by atoms with E-state index in [0.29, 0.717) is 0 Å². The van der Waals surface area contributed by atoms with E-state index >= 15 is 0 Å². The molecule has 1 N–H and O–H groups in total. The number of aliphatic hydroxyl groups is 1. The molecule has 0 amide bonds. The molecule has 6 heteroatoms. The van der Waals surface area contributed by atoms with Crippen molar-refractivity contribution in [1.29, 1.82) is 0 Å². The van der Waals surface area contributed by atoms with Crippen LogP contribution in [0.25, 0.3) is 0 Å². The van der Waals surface area contributed by atoms with Gasteiger partial charge in [0, 0.05) is 18.6 Å². The molecule has 0 spiro atoms. The van der Waals surface area contributed by atoms with Crippen LogP contribution in [0.2, 0.25) is 0 Å². The Balaban J connectivity index is 2.06. The third kappa shape index (κ3) is 3.02. The van der Waals surface area contributed by atoms with Gasteiger partial charge in [0.15, 0.2) is 5.13 Å². The number of hydrogen-bond donors (Lipinski definition) is 1. The Kier molecular flexibility index (Phi) is 3.76. The number of aryl methyl sites for hydroxylation is 1. The van der Waals surface area contributed by atoms with E-state index in [1.165, 1.54) is 11.3 Å². The summed E-state index contributed by atoms with van der Waals surface area (Å²) in [5.41, 5.74) is 1.06. The average Bonchev–Trinajstić information content (AvgIpc) is 2.86. The van der Waals surface area contributed by atoms with Gasteiger partial charge in [0.05, 0.1) is 28.2 Å². The van der Waals surface area contributed by atoms with Crippen LogP contribution in [-0.4, -0.2) is 22.1 Å². The predicted molar refractivity (Wildman–Crippen MR) is 71.7 cm³/mol. The van der Waals surface area contributed by atoms with Gasteiger partial charge >= 0.3 is 0 Å². The minimum Gasteiger partial charge on any atom is -0.388 e. The van der Waals surface area contributed by atoms with Crippen LogP contribution in [0, 0.1) is 6.92 Å². The minimum absolute atomic E-state index is 0.448. The highest BCUT2D eigenvalue weighted by Gasteiger charge is 2.11. The molecule has 0 aliphatic rings. The molecular formula is C11H15N3OS2. The fourth-order valence-electron chi connectivity index (χ4n) is 1.44. The van der Waals surface area contributed by atoms with Gasteiger partial charge in [-0.2, -0.15) is 0 Å². The van der Waals surface area contributed by atoms with Crippen LogP contribution in [0.5, 0.6) is 0 Å². The van der Waals surface area contributed by atoms with Crippen molar-refractivity contribution in [2.45, 2.75) is 26.5 Å². The van der Waals surface area contributed by atoms with Crippen LogP contribution in [0.15, 0.2) is 11.6 Å². The highest BCUT2D eigenvalue weighted by molar-refractivity contribution is 7.15. The molecule has 0 aliphatic heterocycles. The molecule has 0 aromatic carbocycles. The number of aliphatic hydroxyl groups excluding tert-OH is 1. The van der Waals surface area contributed by atoms with E-state index in [1.54, 1.807) is 24.5 Å². The maximum Gasteiger partial charge on any atom is 0.185 e. The Morgan fingerprint density at radius 1 is 1.53 bits per heavy atom. The van der Waals surface area contributed by atoms with Crippen molar-refractivity contribution in [1.82, 2.24) is 9.97 Å². The zero-order valence-corrected chi connectivity index (χ0v) is 11.7. The summed E-state index contributed by atoms with van der Waals surface area (Å²) in [4.78, 5) is 11.7. The smallest absolute Gasteiger partial charge is 0.185 e. The van der Waals surface area contributed by atoms with Gasteiger partial charge in [0.2, 0.25) is 0 Å². The Labute approximate surface area is 109 Å². The molecule has 2 rings (SSSR count). The summed E-state index contributed by atoms with van der Waals surface area (Å²) >= 11 is 3.17. The standard InChI is InChI=1S/C11H15N3OS2/c1-7(15)10-4-12-11(17-10)14(3)5-9-6-16-8(2)13-9/h4,6-7,15H,5H2,1-3H3. The summed E-state index contributed by atoms with van der Waals surface area (Å²) < 4.78 is 0. The quantitative estimate of drug-likeness (QED) is 0.927. The Hall–Kier alpha value is -0.980. The second-order valence-electron chi connectivity index (χ2n) is 3.94. The lowest BCUT2D eigenvalue weighted by Crippen LogP contribution is -2.16. The fourth-order valence-corrected chi connectivity index (χ4v) is 2.85. The van der Waals surface area contributed by atoms with E-state index < -0.39 is 6.10 Å². The fraction of sp³-hybridized carbons (Fsp3) is 0.455. The first-order valence-electron chi connectivity index (χ1n) is 5.32. The lowest BCUT2D eigenvalue weighted by Gasteiger charge is -2.13. The topological polar surface area (TPSA) is 49.2 Å². The van der Waals surface area contributed by atoms with Crippen LogP contribution in [0.1, 0.15) is 28.6 Å². The molecule has 0 saturated heterocycles. The van der Waals surface area contributed by atoms with Gasteiger partial charge in [-0.25, -0.2) is 9.97 Å². The van der Waals surface area contributed by atoms with Crippen LogP contribution in [0.3, 0.4) is 0 Å². The monoisotopic (exact) mass is 269 g/mol. The molecule has 0 saturated carbocycles. The van der Waals surface area contributed by atoms with E-state index in [9.17, 15) is 5.11 Å². The van der Waals surface area contributed by atoms with Crippen molar-refractivity contribution in [2.75, 3.05) is 11.9 Å². The molecule has 92 valence electrons. The molecule has 0 radical (unpaired) electrons. The number of thiazole rings is 2. The Morgan fingerprint density at radius 3 is 2.82 bits per heavy atom. The molecule has 0 bridgehead atoms. The SMILES string of the molecule is Cc1nc(CN(C)c2ncc(C(C)O)s2)cs1. The summed E-state index contributed by atoms with van der Waals surface area (Å²) in [6.07, 6.45) is 1.28. The first-order valence-corrected chi connectivity index (χ1v) is 7.02. The molecule has 1 atom stereocenters. The molecule has 2 aromatic rings. The van der Waals surface area contributed by atoms with Gasteiger partial charge in [-0.3, -0.25) is 0 Å². The Bertz CT molecular complexity index is 492. The first-order chi connectivity index (χ1) is 8.06. The van der Waals surface area contributed by atoms with Gasteiger partial charge in [-0.1, -0.05) is 11.3 Å². The molecule has 17 heavy (non-hydrogen) atoms. The van der Waals surface area contributed by atoms with Crippen molar-refractivity contribution in [3.63, 3.8) is 0 Å². The van der Waals surface area contributed by atoms with Crippen molar-refractivity contribution in [2.24, 2.45) is 0 Å². The van der Waals surface area contributed by atoms with E-state index in [2.05, 4.69) is 15.3 Å². The number of anilines is 1. The highest BCUT2D eigenvalue weighted by atomic mass is 32.1. The van der Waals surface area contributed by atoms with Crippen LogP contribution in [-0.2, 0) is 6.54 Å². The molecule has 2 aromatic heterocycles. The van der Waals surface area contributed by atoms with E-state index in [1.807, 2.05) is 18.9 Å². The maximum absolute atomic E-state index is 9.45. The van der Waals surface area contributed by atoms with Crippen molar-refractivity contribution < 1.29 is 5.11 Å². The molecule has 0 fully saturated rings. The summed E-state index contributed by atoms with van der Waals surface area (Å²) in [6.45, 7) is 4.50. The molecule has 1 unspecified atom stereocenters. The van der Waals surface area contributed by atoms with Gasteiger partial charge in [0.1, 0.15) is 0 Å². The van der Waals surface area contributed by atoms with Gasteiger partial charge in [-0.15, -0.1) is 11.3 Å². The minimum atomic E-state index is -0.448. The second-order valence-corrected chi connectivity index (χ2v) is 6.04. The lowest BCUT2D eigenvalue weighted by atomic mass is 10.4. The number of aromatic nitrogens is 2. The maximum atomic E-state index is 9.45. The molecule has 4 nitrogen and oxygen atoms in total. The van der Waals surface area contributed by atoms with Crippen LogP contribution in [0.4, 0.5) is 5.13 Å². The van der Waals surface area contributed by atoms with Gasteiger partial charge < -0.3 is 10.0 Å². The molecule has 0 aliphatic carbocycles. The van der Waals surface area contributed by atoms with E-state index in [-0.39, 0.29) is 0 Å². The summed E-state index contributed by atoms with van der Waals surface area (Å²) in [5.74, 6) is 0. The molecular weight excluding hydrogens is 254 g/mol. The lowest BCUT2D eigenvalue weighted by molar-refractivity contribution is 0.203. The van der Waals surface area contributed by atoms with Crippen molar-refractivity contribution >= 4 is 27.8 Å². The van der Waals surface area contributed by atoms with E-state index in [0.717, 1.165) is 27.3 Å². The third-order valence-electron chi connectivity index (χ3n) is 2.32. The van der Waals surface area contributed by atoms with E-state index in [4.69, 9.17) is 0 Å². The normalized spacial score (nSPS) is 12.7. The van der Waals surface area contributed by atoms with Crippen molar-refractivity contribution in [3.8, 4) is 0 Å².